The fourth-order valence-electron chi connectivity index (χ4n) is 2.78. The number of aliphatic hydroxyl groups excluding tert-OH is 1. The van der Waals surface area contributed by atoms with Gasteiger partial charge >= 0.3 is 0 Å². The Morgan fingerprint density at radius 1 is 1.47 bits per heavy atom. The highest BCUT2D eigenvalue weighted by Gasteiger charge is 2.40. The summed E-state index contributed by atoms with van der Waals surface area (Å²) in [7, 11) is 0. The Morgan fingerprint density at radius 2 is 2.07 bits per heavy atom. The molecule has 1 unspecified atom stereocenters. The smallest absolute Gasteiger partial charge is 0.0599 e. The first-order valence-corrected chi connectivity index (χ1v) is 6.17. The van der Waals surface area contributed by atoms with Gasteiger partial charge in [0.05, 0.1) is 6.10 Å². The van der Waals surface area contributed by atoms with E-state index in [9.17, 15) is 5.11 Å². The molecule has 0 aromatic carbocycles. The van der Waals surface area contributed by atoms with Crippen LogP contribution in [0.25, 0.3) is 0 Å². The van der Waals surface area contributed by atoms with Gasteiger partial charge in [0.25, 0.3) is 0 Å². The number of rotatable bonds is 3. The molecule has 0 aromatic heterocycles. The van der Waals surface area contributed by atoms with E-state index in [1.807, 2.05) is 0 Å². The van der Waals surface area contributed by atoms with Gasteiger partial charge < -0.3 is 5.11 Å². The summed E-state index contributed by atoms with van der Waals surface area (Å²) >= 11 is 0. The molecule has 0 aromatic rings. The minimum absolute atomic E-state index is 0.118. The fourth-order valence-corrected chi connectivity index (χ4v) is 2.78. The number of hydrogen-bond acceptors (Lipinski definition) is 1. The zero-order valence-corrected chi connectivity index (χ0v) is 10.7. The average Bonchev–Trinajstić information content (AvgIpc) is 2.11. The molecule has 3 atom stereocenters. The molecular weight excluding hydrogens is 184 g/mol. The van der Waals surface area contributed by atoms with Crippen LogP contribution in [0.15, 0.2) is 12.2 Å². The molecule has 0 amide bonds. The van der Waals surface area contributed by atoms with E-state index in [-0.39, 0.29) is 6.10 Å². The summed E-state index contributed by atoms with van der Waals surface area (Å²) < 4.78 is 0. The van der Waals surface area contributed by atoms with Crippen molar-refractivity contribution in [2.24, 2.45) is 17.3 Å². The standard InChI is InChI=1S/C14H26O/c1-10(2)6-7-12-13(15)11(3)8-9-14(12,4)5/h11-13,15H,1,6-9H2,2-5H3/t11?,12-,13-/m0/s1. The molecule has 0 bridgehead atoms. The second kappa shape index (κ2) is 4.69. The van der Waals surface area contributed by atoms with Crippen molar-refractivity contribution in [3.63, 3.8) is 0 Å². The van der Waals surface area contributed by atoms with Crippen LogP contribution in [0.4, 0.5) is 0 Å². The van der Waals surface area contributed by atoms with Crippen LogP contribution in [0, 0.1) is 17.3 Å². The van der Waals surface area contributed by atoms with Gasteiger partial charge in [-0.05, 0) is 49.9 Å². The highest BCUT2D eigenvalue weighted by molar-refractivity contribution is 4.95. The number of aliphatic hydroxyl groups is 1. The minimum atomic E-state index is -0.118. The maximum atomic E-state index is 10.3. The van der Waals surface area contributed by atoms with E-state index in [0.717, 1.165) is 19.3 Å². The quantitative estimate of drug-likeness (QED) is 0.703. The molecule has 0 radical (unpaired) electrons. The molecular formula is C14H26O. The molecule has 0 heterocycles. The minimum Gasteiger partial charge on any atom is -0.393 e. The van der Waals surface area contributed by atoms with Crippen LogP contribution >= 0.6 is 0 Å². The van der Waals surface area contributed by atoms with Gasteiger partial charge in [0.2, 0.25) is 0 Å². The van der Waals surface area contributed by atoms with E-state index in [1.165, 1.54) is 12.0 Å². The van der Waals surface area contributed by atoms with E-state index >= 15 is 0 Å². The molecule has 1 N–H and O–H groups in total. The third-order valence-corrected chi connectivity index (χ3v) is 4.13. The summed E-state index contributed by atoms with van der Waals surface area (Å²) in [5.41, 5.74) is 1.53. The lowest BCUT2D eigenvalue weighted by atomic mass is 9.62. The molecule has 1 saturated carbocycles. The van der Waals surface area contributed by atoms with Crippen LogP contribution < -0.4 is 0 Å². The Labute approximate surface area is 94.6 Å². The van der Waals surface area contributed by atoms with Crippen molar-refractivity contribution in [1.29, 1.82) is 0 Å². The van der Waals surface area contributed by atoms with E-state index in [2.05, 4.69) is 34.3 Å². The molecule has 15 heavy (non-hydrogen) atoms. The van der Waals surface area contributed by atoms with E-state index < -0.39 is 0 Å². The van der Waals surface area contributed by atoms with Crippen molar-refractivity contribution in [2.75, 3.05) is 0 Å². The second-order valence-corrected chi connectivity index (χ2v) is 6.10. The molecule has 1 aliphatic carbocycles. The van der Waals surface area contributed by atoms with Crippen LogP contribution in [-0.4, -0.2) is 11.2 Å². The van der Waals surface area contributed by atoms with Crippen molar-refractivity contribution in [2.45, 2.75) is 59.5 Å². The molecule has 1 heteroatoms. The SMILES string of the molecule is C=C(C)CC[C@H]1[C@@H](O)C(C)CCC1(C)C. The zero-order valence-electron chi connectivity index (χ0n) is 10.7. The van der Waals surface area contributed by atoms with Crippen LogP contribution in [0.2, 0.25) is 0 Å². The normalized spacial score (nSPS) is 35.1. The van der Waals surface area contributed by atoms with Gasteiger partial charge in [-0.25, -0.2) is 0 Å². The molecule has 1 rings (SSSR count). The molecule has 1 fully saturated rings. The van der Waals surface area contributed by atoms with Crippen molar-refractivity contribution >= 4 is 0 Å². The predicted octanol–water partition coefficient (Wildman–Crippen LogP) is 3.78. The van der Waals surface area contributed by atoms with Gasteiger partial charge in [-0.1, -0.05) is 26.3 Å². The van der Waals surface area contributed by atoms with Crippen LogP contribution in [0.5, 0.6) is 0 Å². The maximum Gasteiger partial charge on any atom is 0.0599 e. The summed E-state index contributed by atoms with van der Waals surface area (Å²) in [6.07, 6.45) is 4.43. The summed E-state index contributed by atoms with van der Waals surface area (Å²) in [6.45, 7) is 12.8. The average molecular weight is 210 g/mol. The summed E-state index contributed by atoms with van der Waals surface area (Å²) in [4.78, 5) is 0. The Kier molecular flexibility index (Phi) is 3.99. The van der Waals surface area contributed by atoms with Gasteiger partial charge in [0.1, 0.15) is 0 Å². The Bertz CT molecular complexity index is 229. The molecule has 0 spiro atoms. The maximum absolute atomic E-state index is 10.3. The van der Waals surface area contributed by atoms with Crippen molar-refractivity contribution in [1.82, 2.24) is 0 Å². The van der Waals surface area contributed by atoms with Gasteiger partial charge in [-0.15, -0.1) is 6.58 Å². The summed E-state index contributed by atoms with van der Waals surface area (Å²) in [5.74, 6) is 0.908. The van der Waals surface area contributed by atoms with Gasteiger partial charge in [-0.3, -0.25) is 0 Å². The van der Waals surface area contributed by atoms with Gasteiger partial charge in [0.15, 0.2) is 0 Å². The first kappa shape index (κ1) is 12.8. The van der Waals surface area contributed by atoms with Crippen LogP contribution in [0.3, 0.4) is 0 Å². The largest absolute Gasteiger partial charge is 0.393 e. The first-order valence-electron chi connectivity index (χ1n) is 6.17. The van der Waals surface area contributed by atoms with Gasteiger partial charge in [0, 0.05) is 0 Å². The summed E-state index contributed by atoms with van der Waals surface area (Å²) in [5, 5.41) is 10.3. The van der Waals surface area contributed by atoms with Gasteiger partial charge in [-0.2, -0.15) is 0 Å². The predicted molar refractivity (Wildman–Crippen MR) is 65.7 cm³/mol. The molecule has 0 aliphatic heterocycles. The first-order chi connectivity index (χ1) is 6.84. The highest BCUT2D eigenvalue weighted by Crippen LogP contribution is 2.45. The third kappa shape index (κ3) is 3.07. The number of allylic oxidation sites excluding steroid dienone is 1. The van der Waals surface area contributed by atoms with Crippen molar-refractivity contribution in [3.05, 3.63) is 12.2 Å². The Balaban J connectivity index is 2.66. The van der Waals surface area contributed by atoms with Crippen LogP contribution in [0.1, 0.15) is 53.4 Å². The van der Waals surface area contributed by atoms with Crippen molar-refractivity contribution in [3.8, 4) is 0 Å². The fraction of sp³-hybridized carbons (Fsp3) is 0.857. The number of hydrogen-bond donors (Lipinski definition) is 1. The van der Waals surface area contributed by atoms with E-state index in [4.69, 9.17) is 0 Å². The molecule has 1 nitrogen and oxygen atoms in total. The second-order valence-electron chi connectivity index (χ2n) is 6.10. The lowest BCUT2D eigenvalue weighted by molar-refractivity contribution is -0.0472. The molecule has 0 saturated heterocycles. The van der Waals surface area contributed by atoms with Crippen LogP contribution in [-0.2, 0) is 0 Å². The third-order valence-electron chi connectivity index (χ3n) is 4.13. The monoisotopic (exact) mass is 210 g/mol. The molecule has 1 aliphatic rings. The van der Waals surface area contributed by atoms with E-state index in [1.54, 1.807) is 0 Å². The van der Waals surface area contributed by atoms with Crippen molar-refractivity contribution < 1.29 is 5.11 Å². The topological polar surface area (TPSA) is 20.2 Å². The highest BCUT2D eigenvalue weighted by atomic mass is 16.3. The Morgan fingerprint density at radius 3 is 2.60 bits per heavy atom. The zero-order chi connectivity index (χ0) is 11.6. The molecule has 88 valence electrons. The summed E-state index contributed by atoms with van der Waals surface area (Å²) in [6, 6.07) is 0. The lowest BCUT2D eigenvalue weighted by Crippen LogP contribution is -2.42. The Hall–Kier alpha value is -0.300. The van der Waals surface area contributed by atoms with E-state index in [0.29, 0.717) is 17.3 Å². The lowest BCUT2D eigenvalue weighted by Gasteiger charge is -2.45.